The third kappa shape index (κ3) is 2.69. The summed E-state index contributed by atoms with van der Waals surface area (Å²) in [6.07, 6.45) is 0. The smallest absolute Gasteiger partial charge is 0.257 e. The molecule has 1 atom stereocenters. The van der Waals surface area contributed by atoms with Gasteiger partial charge in [0.25, 0.3) is 5.91 Å². The van der Waals surface area contributed by atoms with Crippen molar-refractivity contribution in [3.63, 3.8) is 0 Å². The van der Waals surface area contributed by atoms with Gasteiger partial charge in [-0.25, -0.2) is 0 Å². The zero-order chi connectivity index (χ0) is 18.3. The number of hydrogen-bond acceptors (Lipinski definition) is 2. The molecule has 0 spiro atoms. The van der Waals surface area contributed by atoms with Gasteiger partial charge in [-0.3, -0.25) is 9.69 Å². The van der Waals surface area contributed by atoms with E-state index >= 15 is 0 Å². The Balaban J connectivity index is 1.84. The first-order valence-electron chi connectivity index (χ1n) is 8.14. The predicted molar refractivity (Wildman–Crippen MR) is 102 cm³/mol. The van der Waals surface area contributed by atoms with Gasteiger partial charge in [-0.1, -0.05) is 65.7 Å². The fourth-order valence-electron chi connectivity index (χ4n) is 3.36. The van der Waals surface area contributed by atoms with E-state index < -0.39 is 5.72 Å². The number of carbonyl (C=O) groups is 1. The highest BCUT2D eigenvalue weighted by Gasteiger charge is 2.49. The van der Waals surface area contributed by atoms with Crippen LogP contribution < -0.4 is 0 Å². The van der Waals surface area contributed by atoms with Crippen molar-refractivity contribution in [3.05, 3.63) is 105 Å². The van der Waals surface area contributed by atoms with Crippen molar-refractivity contribution in [1.29, 1.82) is 0 Å². The number of carbonyl (C=O) groups excluding carboxylic acids is 1. The van der Waals surface area contributed by atoms with Gasteiger partial charge in [-0.2, -0.15) is 0 Å². The molecule has 0 bridgehead atoms. The summed E-state index contributed by atoms with van der Waals surface area (Å²) >= 11 is 12.0. The van der Waals surface area contributed by atoms with Crippen LogP contribution >= 0.6 is 23.2 Å². The van der Waals surface area contributed by atoms with Crippen molar-refractivity contribution >= 4 is 29.1 Å². The fourth-order valence-corrected chi connectivity index (χ4v) is 3.62. The third-order valence-corrected chi connectivity index (χ3v) is 5.17. The predicted octanol–water partition coefficient (Wildman–Crippen LogP) is 4.84. The Hall–Kier alpha value is -2.33. The fraction of sp³-hybridized carbons (Fsp3) is 0.0952. The monoisotopic (exact) mass is 383 g/mol. The average Bonchev–Trinajstić information content (AvgIpc) is 2.87. The van der Waals surface area contributed by atoms with E-state index in [4.69, 9.17) is 23.2 Å². The topological polar surface area (TPSA) is 40.5 Å². The van der Waals surface area contributed by atoms with Gasteiger partial charge in [0.1, 0.15) is 0 Å². The van der Waals surface area contributed by atoms with Crippen molar-refractivity contribution in [2.24, 2.45) is 0 Å². The van der Waals surface area contributed by atoms with E-state index in [1.165, 1.54) is 4.90 Å². The number of fused-ring (bicyclic) bond motifs is 1. The van der Waals surface area contributed by atoms with Crippen LogP contribution in [0.4, 0.5) is 0 Å². The van der Waals surface area contributed by atoms with Crippen molar-refractivity contribution < 1.29 is 9.90 Å². The summed E-state index contributed by atoms with van der Waals surface area (Å²) in [5.74, 6) is -0.215. The van der Waals surface area contributed by atoms with E-state index in [-0.39, 0.29) is 12.5 Å². The molecule has 4 rings (SSSR count). The first-order valence-corrected chi connectivity index (χ1v) is 8.90. The van der Waals surface area contributed by atoms with E-state index in [2.05, 4.69) is 0 Å². The van der Waals surface area contributed by atoms with Crippen LogP contribution in [-0.2, 0) is 12.3 Å². The van der Waals surface area contributed by atoms with Crippen LogP contribution in [0, 0.1) is 0 Å². The van der Waals surface area contributed by atoms with Crippen LogP contribution in [0.3, 0.4) is 0 Å². The molecule has 1 N–H and O–H groups in total. The van der Waals surface area contributed by atoms with Gasteiger partial charge in [0.15, 0.2) is 5.72 Å². The molecule has 0 fully saturated rings. The lowest BCUT2D eigenvalue weighted by Gasteiger charge is -2.35. The lowest BCUT2D eigenvalue weighted by molar-refractivity contribution is -0.0542. The molecule has 0 saturated heterocycles. The summed E-state index contributed by atoms with van der Waals surface area (Å²) in [7, 11) is 0. The molecule has 1 amide bonds. The lowest BCUT2D eigenvalue weighted by atomic mass is 9.93. The van der Waals surface area contributed by atoms with Crippen molar-refractivity contribution in [2.45, 2.75) is 12.3 Å². The molecule has 26 heavy (non-hydrogen) atoms. The average molecular weight is 384 g/mol. The SMILES string of the molecule is O=C1c2ccccc2C(O)(c2ccc(Cl)cc2)N1Cc1ccc(Cl)cc1. The van der Waals surface area contributed by atoms with Gasteiger partial charge in [0.2, 0.25) is 0 Å². The quantitative estimate of drug-likeness (QED) is 0.702. The normalized spacial score (nSPS) is 18.9. The molecule has 0 aliphatic carbocycles. The third-order valence-electron chi connectivity index (χ3n) is 4.67. The molecule has 1 heterocycles. The van der Waals surface area contributed by atoms with Crippen LogP contribution in [0.1, 0.15) is 27.0 Å². The number of benzene rings is 3. The maximum Gasteiger partial charge on any atom is 0.257 e. The Labute approximate surface area is 161 Å². The first kappa shape index (κ1) is 17.1. The Bertz CT molecular complexity index is 970. The summed E-state index contributed by atoms with van der Waals surface area (Å²) < 4.78 is 0. The van der Waals surface area contributed by atoms with E-state index in [1.54, 1.807) is 54.6 Å². The molecule has 3 nitrogen and oxygen atoms in total. The molecule has 1 aliphatic rings. The highest BCUT2D eigenvalue weighted by molar-refractivity contribution is 6.30. The van der Waals surface area contributed by atoms with Crippen molar-refractivity contribution in [2.75, 3.05) is 0 Å². The minimum atomic E-state index is -1.56. The Morgan fingerprint density at radius 2 is 1.42 bits per heavy atom. The summed E-state index contributed by atoms with van der Waals surface area (Å²) in [5.41, 5.74) is 0.982. The van der Waals surface area contributed by atoms with Crippen LogP contribution in [-0.4, -0.2) is 15.9 Å². The lowest BCUT2D eigenvalue weighted by Crippen LogP contribution is -2.44. The van der Waals surface area contributed by atoms with Crippen LogP contribution in [0.25, 0.3) is 0 Å². The highest BCUT2D eigenvalue weighted by Crippen LogP contribution is 2.43. The number of amides is 1. The molecular weight excluding hydrogens is 369 g/mol. The maximum atomic E-state index is 13.0. The second kappa shape index (κ2) is 6.44. The molecule has 1 unspecified atom stereocenters. The highest BCUT2D eigenvalue weighted by atomic mass is 35.5. The van der Waals surface area contributed by atoms with Crippen LogP contribution in [0.15, 0.2) is 72.8 Å². The van der Waals surface area contributed by atoms with Gasteiger partial charge in [0, 0.05) is 33.3 Å². The van der Waals surface area contributed by atoms with Crippen LogP contribution in [0.2, 0.25) is 10.0 Å². The zero-order valence-electron chi connectivity index (χ0n) is 13.7. The Morgan fingerprint density at radius 3 is 2.08 bits per heavy atom. The van der Waals surface area contributed by atoms with Gasteiger partial charge < -0.3 is 5.11 Å². The molecule has 5 heteroatoms. The summed E-state index contributed by atoms with van der Waals surface area (Å²) in [6, 6.07) is 21.3. The second-order valence-electron chi connectivity index (χ2n) is 6.24. The molecule has 3 aromatic rings. The van der Waals surface area contributed by atoms with E-state index in [0.717, 1.165) is 5.56 Å². The van der Waals surface area contributed by atoms with Gasteiger partial charge >= 0.3 is 0 Å². The Kier molecular flexibility index (Phi) is 4.23. The van der Waals surface area contributed by atoms with E-state index in [0.29, 0.717) is 26.7 Å². The molecular formula is C21H15Cl2NO2. The zero-order valence-corrected chi connectivity index (χ0v) is 15.2. The van der Waals surface area contributed by atoms with Gasteiger partial charge in [-0.15, -0.1) is 0 Å². The molecule has 0 radical (unpaired) electrons. The Morgan fingerprint density at radius 1 is 0.846 bits per heavy atom. The van der Waals surface area contributed by atoms with Gasteiger partial charge in [-0.05, 0) is 35.9 Å². The second-order valence-corrected chi connectivity index (χ2v) is 7.12. The summed E-state index contributed by atoms with van der Waals surface area (Å²) in [6.45, 7) is 0.254. The van der Waals surface area contributed by atoms with Crippen LogP contribution in [0.5, 0.6) is 0 Å². The number of rotatable bonds is 3. The van der Waals surface area contributed by atoms with E-state index in [1.807, 2.05) is 18.2 Å². The molecule has 130 valence electrons. The number of nitrogens with zero attached hydrogens (tertiary/aromatic N) is 1. The molecule has 1 aliphatic heterocycles. The van der Waals surface area contributed by atoms with E-state index in [9.17, 15) is 9.90 Å². The molecule has 3 aromatic carbocycles. The first-order chi connectivity index (χ1) is 12.5. The summed E-state index contributed by atoms with van der Waals surface area (Å²) in [5, 5.41) is 12.9. The van der Waals surface area contributed by atoms with Gasteiger partial charge in [0.05, 0.1) is 0 Å². The minimum Gasteiger partial charge on any atom is -0.363 e. The number of hydrogen-bond donors (Lipinski definition) is 1. The number of aliphatic hydroxyl groups is 1. The molecule has 0 aromatic heterocycles. The standard InChI is InChI=1S/C21H15Cl2NO2/c22-16-9-5-14(6-10-16)13-24-20(25)18-3-1-2-4-19(18)21(24,26)15-7-11-17(23)12-8-15/h1-12,26H,13H2. The maximum absolute atomic E-state index is 13.0. The summed E-state index contributed by atoms with van der Waals surface area (Å²) in [4.78, 5) is 14.5. The number of halogens is 2. The van der Waals surface area contributed by atoms with Crippen molar-refractivity contribution in [3.8, 4) is 0 Å². The molecule has 0 saturated carbocycles. The largest absolute Gasteiger partial charge is 0.363 e. The minimum absolute atomic E-state index is 0.215. The van der Waals surface area contributed by atoms with Crippen molar-refractivity contribution in [1.82, 2.24) is 4.90 Å².